The van der Waals surface area contributed by atoms with Gasteiger partial charge in [-0.2, -0.15) is 0 Å². The van der Waals surface area contributed by atoms with Crippen molar-refractivity contribution in [2.75, 3.05) is 11.4 Å². The highest BCUT2D eigenvalue weighted by Gasteiger charge is 2.10. The summed E-state index contributed by atoms with van der Waals surface area (Å²) in [5.74, 6) is 1.65. The summed E-state index contributed by atoms with van der Waals surface area (Å²) in [6.07, 6.45) is 1.65. The van der Waals surface area contributed by atoms with Crippen molar-refractivity contribution in [3.8, 4) is 0 Å². The number of aliphatic hydroxyl groups is 1. The minimum Gasteiger partial charge on any atom is -0.467 e. The molecule has 1 N–H and O–H groups in total. The first-order valence-corrected chi connectivity index (χ1v) is 6.16. The fourth-order valence-electron chi connectivity index (χ4n) is 1.71. The van der Waals surface area contributed by atoms with E-state index >= 15 is 0 Å². The number of rotatable bonds is 5. The highest BCUT2D eigenvalue weighted by atomic mass is 35.5. The third-order valence-electron chi connectivity index (χ3n) is 2.69. The number of anilines is 1. The molecular weight excluding hydrogens is 252 g/mol. The van der Waals surface area contributed by atoms with E-state index in [0.717, 1.165) is 18.1 Å². The predicted molar refractivity (Wildman–Crippen MR) is 70.6 cm³/mol. The van der Waals surface area contributed by atoms with E-state index in [1.54, 1.807) is 12.3 Å². The fraction of sp³-hybridized carbons (Fsp3) is 0.308. The van der Waals surface area contributed by atoms with Gasteiger partial charge in [-0.25, -0.2) is 4.98 Å². The Morgan fingerprint density at radius 3 is 2.83 bits per heavy atom. The Morgan fingerprint density at radius 2 is 2.22 bits per heavy atom. The van der Waals surface area contributed by atoms with Crippen molar-refractivity contribution >= 4 is 17.4 Å². The number of aliphatic hydroxyl groups excluding tert-OH is 1. The largest absolute Gasteiger partial charge is 0.467 e. The van der Waals surface area contributed by atoms with E-state index in [1.807, 2.05) is 30.0 Å². The predicted octanol–water partition coefficient (Wildman–Crippen LogP) is 2.85. The van der Waals surface area contributed by atoms with Gasteiger partial charge in [-0.15, -0.1) is 0 Å². The lowest BCUT2D eigenvalue weighted by Gasteiger charge is -2.21. The van der Waals surface area contributed by atoms with Crippen molar-refractivity contribution in [3.63, 3.8) is 0 Å². The second-order valence-electron chi connectivity index (χ2n) is 3.85. The number of aromatic nitrogens is 1. The zero-order valence-electron chi connectivity index (χ0n) is 10.1. The van der Waals surface area contributed by atoms with E-state index < -0.39 is 0 Å². The maximum absolute atomic E-state index is 9.17. The number of halogens is 1. The fourth-order valence-corrected chi connectivity index (χ4v) is 1.87. The zero-order chi connectivity index (χ0) is 13.0. The maximum Gasteiger partial charge on any atom is 0.129 e. The van der Waals surface area contributed by atoms with Crippen LogP contribution in [0.15, 0.2) is 34.9 Å². The Hall–Kier alpha value is -1.52. The van der Waals surface area contributed by atoms with Gasteiger partial charge in [0, 0.05) is 6.54 Å². The molecule has 0 saturated carbocycles. The Kier molecular flexibility index (Phi) is 4.23. The first-order chi connectivity index (χ1) is 8.74. The van der Waals surface area contributed by atoms with Gasteiger partial charge in [0.1, 0.15) is 11.6 Å². The molecule has 0 amide bonds. The zero-order valence-corrected chi connectivity index (χ0v) is 10.9. The van der Waals surface area contributed by atoms with Crippen LogP contribution in [0, 0.1) is 0 Å². The first-order valence-electron chi connectivity index (χ1n) is 5.78. The summed E-state index contributed by atoms with van der Waals surface area (Å²) in [4.78, 5) is 6.39. The molecule has 2 aromatic heterocycles. The van der Waals surface area contributed by atoms with Crippen molar-refractivity contribution in [2.45, 2.75) is 20.1 Å². The smallest absolute Gasteiger partial charge is 0.129 e. The molecule has 2 rings (SSSR count). The van der Waals surface area contributed by atoms with Gasteiger partial charge in [0.25, 0.3) is 0 Å². The molecule has 18 heavy (non-hydrogen) atoms. The Balaban J connectivity index is 2.21. The number of hydrogen-bond donors (Lipinski definition) is 1. The molecule has 96 valence electrons. The molecule has 2 aromatic rings. The van der Waals surface area contributed by atoms with Crippen LogP contribution >= 0.6 is 11.6 Å². The lowest BCUT2D eigenvalue weighted by molar-refractivity contribution is 0.277. The molecule has 0 aliphatic rings. The van der Waals surface area contributed by atoms with Crippen LogP contribution in [0.1, 0.15) is 18.4 Å². The van der Waals surface area contributed by atoms with Crippen LogP contribution in [-0.4, -0.2) is 16.6 Å². The van der Waals surface area contributed by atoms with E-state index in [0.29, 0.717) is 17.3 Å². The summed E-state index contributed by atoms with van der Waals surface area (Å²) in [6.45, 7) is 3.31. The third-order valence-corrected chi connectivity index (χ3v) is 3.03. The summed E-state index contributed by atoms with van der Waals surface area (Å²) < 4.78 is 5.32. The number of hydrogen-bond acceptors (Lipinski definition) is 4. The third kappa shape index (κ3) is 2.83. The molecular formula is C13H15ClN2O2. The standard InChI is InChI=1S/C13H15ClN2O2/c1-2-16(8-10-4-3-7-18-10)13-6-5-11(14)12(9-17)15-13/h3-7,17H,2,8-9H2,1H3. The summed E-state index contributed by atoms with van der Waals surface area (Å²) >= 11 is 5.93. The Bertz CT molecular complexity index is 500. The van der Waals surface area contributed by atoms with E-state index in [4.69, 9.17) is 16.0 Å². The van der Waals surface area contributed by atoms with Gasteiger partial charge in [-0.1, -0.05) is 11.6 Å². The lowest BCUT2D eigenvalue weighted by atomic mass is 10.3. The Labute approximate surface area is 111 Å². The molecule has 0 aliphatic heterocycles. The van der Waals surface area contributed by atoms with Crippen molar-refractivity contribution in [1.82, 2.24) is 4.98 Å². The highest BCUT2D eigenvalue weighted by Crippen LogP contribution is 2.20. The van der Waals surface area contributed by atoms with Crippen LogP contribution < -0.4 is 4.90 Å². The molecule has 0 unspecified atom stereocenters. The monoisotopic (exact) mass is 266 g/mol. The van der Waals surface area contributed by atoms with Gasteiger partial charge in [-0.05, 0) is 31.2 Å². The molecule has 0 saturated heterocycles. The topological polar surface area (TPSA) is 49.5 Å². The van der Waals surface area contributed by atoms with Crippen LogP contribution in [0.5, 0.6) is 0 Å². The summed E-state index contributed by atoms with van der Waals surface area (Å²) in [5.41, 5.74) is 0.493. The first kappa shape index (κ1) is 12.9. The number of pyridine rings is 1. The average molecular weight is 267 g/mol. The lowest BCUT2D eigenvalue weighted by Crippen LogP contribution is -2.23. The number of nitrogens with zero attached hydrogens (tertiary/aromatic N) is 2. The normalized spacial score (nSPS) is 10.6. The van der Waals surface area contributed by atoms with Crippen LogP contribution in [0.2, 0.25) is 5.02 Å². The van der Waals surface area contributed by atoms with E-state index in [-0.39, 0.29) is 6.61 Å². The molecule has 4 nitrogen and oxygen atoms in total. The molecule has 0 spiro atoms. The molecule has 0 aromatic carbocycles. The molecule has 0 aliphatic carbocycles. The van der Waals surface area contributed by atoms with E-state index in [2.05, 4.69) is 4.98 Å². The van der Waals surface area contributed by atoms with E-state index in [1.165, 1.54) is 0 Å². The van der Waals surface area contributed by atoms with Gasteiger partial charge in [0.05, 0.1) is 30.1 Å². The second kappa shape index (κ2) is 5.89. The molecule has 2 heterocycles. The molecule has 0 bridgehead atoms. The molecule has 5 heteroatoms. The van der Waals surface area contributed by atoms with Gasteiger partial charge in [0.2, 0.25) is 0 Å². The highest BCUT2D eigenvalue weighted by molar-refractivity contribution is 6.31. The van der Waals surface area contributed by atoms with Gasteiger partial charge < -0.3 is 14.4 Å². The quantitative estimate of drug-likeness (QED) is 0.904. The van der Waals surface area contributed by atoms with Crippen molar-refractivity contribution in [3.05, 3.63) is 47.0 Å². The summed E-state index contributed by atoms with van der Waals surface area (Å²) in [6, 6.07) is 7.37. The van der Waals surface area contributed by atoms with Gasteiger partial charge >= 0.3 is 0 Å². The molecule has 0 atom stereocenters. The number of furan rings is 1. The average Bonchev–Trinajstić information content (AvgIpc) is 2.89. The van der Waals surface area contributed by atoms with Crippen LogP contribution in [0.25, 0.3) is 0 Å². The van der Waals surface area contributed by atoms with E-state index in [9.17, 15) is 5.11 Å². The minimum absolute atomic E-state index is 0.162. The van der Waals surface area contributed by atoms with Crippen LogP contribution in [0.4, 0.5) is 5.82 Å². The summed E-state index contributed by atoms with van der Waals surface area (Å²) in [5, 5.41) is 9.65. The van der Waals surface area contributed by atoms with Crippen LogP contribution in [-0.2, 0) is 13.2 Å². The minimum atomic E-state index is -0.162. The van der Waals surface area contributed by atoms with Crippen molar-refractivity contribution in [1.29, 1.82) is 0 Å². The maximum atomic E-state index is 9.17. The van der Waals surface area contributed by atoms with Gasteiger partial charge in [0.15, 0.2) is 0 Å². The second-order valence-corrected chi connectivity index (χ2v) is 4.26. The van der Waals surface area contributed by atoms with Crippen molar-refractivity contribution in [2.24, 2.45) is 0 Å². The SMILES string of the molecule is CCN(Cc1ccco1)c1ccc(Cl)c(CO)n1. The van der Waals surface area contributed by atoms with Gasteiger partial charge in [-0.3, -0.25) is 0 Å². The molecule has 0 radical (unpaired) electrons. The van der Waals surface area contributed by atoms with Crippen molar-refractivity contribution < 1.29 is 9.52 Å². The summed E-state index contributed by atoms with van der Waals surface area (Å²) in [7, 11) is 0. The Morgan fingerprint density at radius 1 is 1.39 bits per heavy atom. The molecule has 0 fully saturated rings. The van der Waals surface area contributed by atoms with Crippen LogP contribution in [0.3, 0.4) is 0 Å².